The Morgan fingerprint density at radius 3 is 2.37 bits per heavy atom. The fourth-order valence-corrected chi connectivity index (χ4v) is 3.32. The third-order valence-electron chi connectivity index (χ3n) is 4.57. The number of carbonyl (C=O) groups is 2. The molecule has 1 N–H and O–H groups in total. The molecule has 1 saturated heterocycles. The number of rotatable bonds is 5. The first-order valence-corrected chi connectivity index (χ1v) is 9.80. The lowest BCUT2D eigenvalue weighted by atomic mass is 10.0. The maximum absolute atomic E-state index is 12.5. The van der Waals surface area contributed by atoms with Gasteiger partial charge in [-0.15, -0.1) is 0 Å². The second kappa shape index (κ2) is 9.74. The number of benzene rings is 1. The molecule has 6 nitrogen and oxygen atoms in total. The van der Waals surface area contributed by atoms with Crippen molar-refractivity contribution in [1.82, 2.24) is 15.3 Å². The Morgan fingerprint density at radius 2 is 1.81 bits per heavy atom. The van der Waals surface area contributed by atoms with Crippen molar-refractivity contribution in [3.05, 3.63) is 35.9 Å². The monoisotopic (exact) mass is 375 g/mol. The first-order chi connectivity index (χ1) is 12.7. The van der Waals surface area contributed by atoms with Gasteiger partial charge < -0.3 is 9.64 Å². The van der Waals surface area contributed by atoms with Gasteiger partial charge in [-0.3, -0.25) is 10.2 Å². The smallest absolute Gasteiger partial charge is 0.429 e. The minimum absolute atomic E-state index is 0.0332. The molecule has 1 heterocycles. The molecule has 2 rings (SSSR count). The van der Waals surface area contributed by atoms with Crippen molar-refractivity contribution in [2.45, 2.75) is 65.0 Å². The quantitative estimate of drug-likeness (QED) is 0.802. The topological polar surface area (TPSA) is 61.9 Å². The van der Waals surface area contributed by atoms with E-state index in [4.69, 9.17) is 4.74 Å². The molecule has 0 aliphatic carbocycles. The summed E-state index contributed by atoms with van der Waals surface area (Å²) in [5.41, 5.74) is 3.43. The summed E-state index contributed by atoms with van der Waals surface area (Å²) in [6.07, 6.45) is 3.36. The molecule has 1 aliphatic rings. The van der Waals surface area contributed by atoms with Crippen LogP contribution in [0.25, 0.3) is 0 Å². The van der Waals surface area contributed by atoms with Gasteiger partial charge in [0.15, 0.2) is 0 Å². The van der Waals surface area contributed by atoms with E-state index < -0.39 is 11.7 Å². The van der Waals surface area contributed by atoms with E-state index in [1.165, 1.54) is 17.5 Å². The Hall–Kier alpha value is -2.08. The second-order valence-electron chi connectivity index (χ2n) is 8.18. The largest absolute Gasteiger partial charge is 0.442 e. The zero-order valence-electron chi connectivity index (χ0n) is 17.0. The number of hydrazine groups is 1. The average molecular weight is 376 g/mol. The molecule has 0 saturated carbocycles. The minimum Gasteiger partial charge on any atom is -0.442 e. The van der Waals surface area contributed by atoms with Crippen molar-refractivity contribution < 1.29 is 14.3 Å². The third kappa shape index (κ3) is 7.59. The summed E-state index contributed by atoms with van der Waals surface area (Å²) in [4.78, 5) is 26.4. The number of nitrogens with one attached hydrogen (secondary N) is 1. The lowest BCUT2D eigenvalue weighted by Crippen LogP contribution is -2.56. The van der Waals surface area contributed by atoms with E-state index in [-0.39, 0.29) is 11.9 Å². The Morgan fingerprint density at radius 1 is 1.19 bits per heavy atom. The first-order valence-electron chi connectivity index (χ1n) is 9.80. The average Bonchev–Trinajstić information content (AvgIpc) is 2.60. The van der Waals surface area contributed by atoms with Crippen LogP contribution in [0.4, 0.5) is 4.79 Å². The molecule has 1 aliphatic heterocycles. The van der Waals surface area contributed by atoms with Gasteiger partial charge >= 0.3 is 6.09 Å². The van der Waals surface area contributed by atoms with E-state index in [9.17, 15) is 9.59 Å². The van der Waals surface area contributed by atoms with Crippen LogP contribution in [-0.4, -0.2) is 53.2 Å². The van der Waals surface area contributed by atoms with Gasteiger partial charge in [0, 0.05) is 20.0 Å². The normalized spacial score (nSPS) is 16.0. The maximum Gasteiger partial charge on any atom is 0.429 e. The zero-order valence-corrected chi connectivity index (χ0v) is 17.0. The van der Waals surface area contributed by atoms with Crippen LogP contribution in [0.5, 0.6) is 0 Å². The molecule has 0 spiro atoms. The number of amides is 2. The van der Waals surface area contributed by atoms with Gasteiger partial charge in [-0.1, -0.05) is 30.3 Å². The predicted molar refractivity (Wildman–Crippen MR) is 106 cm³/mol. The molecule has 1 aromatic rings. The summed E-state index contributed by atoms with van der Waals surface area (Å²) in [7, 11) is 0. The van der Waals surface area contributed by atoms with Gasteiger partial charge in [-0.25, -0.2) is 9.80 Å². The minimum atomic E-state index is -0.591. The number of piperidine rings is 1. The molecule has 0 bridgehead atoms. The number of ether oxygens (including phenoxy) is 1. The third-order valence-corrected chi connectivity index (χ3v) is 4.57. The summed E-state index contributed by atoms with van der Waals surface area (Å²) >= 11 is 0. The molecule has 1 aromatic carbocycles. The van der Waals surface area contributed by atoms with Crippen molar-refractivity contribution in [1.29, 1.82) is 0 Å². The van der Waals surface area contributed by atoms with Gasteiger partial charge in [0.05, 0.1) is 6.04 Å². The molecule has 27 heavy (non-hydrogen) atoms. The first kappa shape index (κ1) is 21.2. The number of nitrogens with zero attached hydrogens (tertiary/aromatic N) is 2. The number of aryl methyl sites for hydroxylation is 1. The Bertz CT molecular complexity index is 605. The lowest BCUT2D eigenvalue weighted by molar-refractivity contribution is -0.125. The molecule has 1 fully saturated rings. The molecule has 150 valence electrons. The fourth-order valence-electron chi connectivity index (χ4n) is 3.32. The van der Waals surface area contributed by atoms with Crippen molar-refractivity contribution in [3.63, 3.8) is 0 Å². The molecule has 6 heteroatoms. The van der Waals surface area contributed by atoms with E-state index in [1.807, 2.05) is 26.8 Å². The molecule has 0 atom stereocenters. The highest BCUT2D eigenvalue weighted by Gasteiger charge is 2.31. The maximum atomic E-state index is 12.5. The standard InChI is InChI=1S/C21H33N3O3/c1-17(25)22-24(20(26)27-21(2,3)4)19-12-15-23(16-13-19)14-8-11-18-9-6-5-7-10-18/h5-7,9-10,19H,8,11-16H2,1-4H3,(H,22,25). The summed E-state index contributed by atoms with van der Waals surface area (Å²) < 4.78 is 5.45. The van der Waals surface area contributed by atoms with Crippen molar-refractivity contribution in [2.24, 2.45) is 0 Å². The molecule has 0 radical (unpaired) electrons. The van der Waals surface area contributed by atoms with E-state index >= 15 is 0 Å². The number of carbonyl (C=O) groups excluding carboxylic acids is 2. The van der Waals surface area contributed by atoms with Crippen LogP contribution in [0.3, 0.4) is 0 Å². The van der Waals surface area contributed by atoms with Crippen LogP contribution in [0.2, 0.25) is 0 Å². The Kier molecular flexibility index (Phi) is 7.66. The summed E-state index contributed by atoms with van der Waals surface area (Å²) in [5.74, 6) is -0.258. The van der Waals surface area contributed by atoms with E-state index in [1.54, 1.807) is 0 Å². The van der Waals surface area contributed by atoms with Crippen LogP contribution in [0.15, 0.2) is 30.3 Å². The number of hydrogen-bond donors (Lipinski definition) is 1. The van der Waals surface area contributed by atoms with Gasteiger partial charge in [-0.2, -0.15) is 0 Å². The Labute approximate surface area is 162 Å². The molecular formula is C21H33N3O3. The summed E-state index contributed by atoms with van der Waals surface area (Å²) in [6, 6.07) is 10.5. The summed E-state index contributed by atoms with van der Waals surface area (Å²) in [5, 5.41) is 1.38. The molecule has 2 amide bonds. The van der Waals surface area contributed by atoms with E-state index in [0.29, 0.717) is 0 Å². The number of hydrogen-bond acceptors (Lipinski definition) is 4. The number of likely N-dealkylation sites (tertiary alicyclic amines) is 1. The SMILES string of the molecule is CC(=O)NN(C(=O)OC(C)(C)C)C1CCN(CCCc2ccccc2)CC1. The van der Waals surface area contributed by atoms with Gasteiger partial charge in [0.25, 0.3) is 0 Å². The Balaban J connectivity index is 1.81. The molecule has 0 unspecified atom stereocenters. The molecular weight excluding hydrogens is 342 g/mol. The lowest BCUT2D eigenvalue weighted by Gasteiger charge is -2.38. The highest BCUT2D eigenvalue weighted by atomic mass is 16.6. The van der Waals surface area contributed by atoms with Gasteiger partial charge in [0.2, 0.25) is 5.91 Å². The predicted octanol–water partition coefficient (Wildman–Crippen LogP) is 3.37. The van der Waals surface area contributed by atoms with Gasteiger partial charge in [0.1, 0.15) is 5.60 Å². The van der Waals surface area contributed by atoms with E-state index in [2.05, 4.69) is 34.6 Å². The molecule has 0 aromatic heterocycles. The van der Waals surface area contributed by atoms with Gasteiger partial charge in [-0.05, 0) is 58.6 Å². The zero-order chi connectivity index (χ0) is 19.9. The van der Waals surface area contributed by atoms with Crippen molar-refractivity contribution in [3.8, 4) is 0 Å². The van der Waals surface area contributed by atoms with Crippen LogP contribution >= 0.6 is 0 Å². The van der Waals surface area contributed by atoms with Crippen LogP contribution in [-0.2, 0) is 16.0 Å². The highest BCUT2D eigenvalue weighted by molar-refractivity contribution is 5.77. The van der Waals surface area contributed by atoms with Crippen LogP contribution < -0.4 is 5.43 Å². The summed E-state index contributed by atoms with van der Waals surface area (Å²) in [6.45, 7) is 9.77. The fraction of sp³-hybridized carbons (Fsp3) is 0.619. The van der Waals surface area contributed by atoms with Crippen molar-refractivity contribution in [2.75, 3.05) is 19.6 Å². The van der Waals surface area contributed by atoms with Crippen LogP contribution in [0, 0.1) is 0 Å². The van der Waals surface area contributed by atoms with Crippen molar-refractivity contribution >= 4 is 12.0 Å². The second-order valence-corrected chi connectivity index (χ2v) is 8.18. The van der Waals surface area contributed by atoms with Crippen LogP contribution in [0.1, 0.15) is 52.5 Å². The van der Waals surface area contributed by atoms with E-state index in [0.717, 1.165) is 45.3 Å². The highest BCUT2D eigenvalue weighted by Crippen LogP contribution is 2.19.